The van der Waals surface area contributed by atoms with Crippen molar-refractivity contribution < 1.29 is 36.8 Å². The Hall–Kier alpha value is -4.38. The largest absolute Gasteiger partial charge is 0.481 e. The van der Waals surface area contributed by atoms with Gasteiger partial charge in [-0.1, -0.05) is 48.5 Å². The Morgan fingerprint density at radius 3 is 2.44 bits per heavy atom. The number of urea groups is 1. The molecule has 1 aliphatic heterocycles. The first kappa shape index (κ1) is 27.6. The molecule has 1 atom stereocenters. The number of esters is 1. The molecule has 0 bridgehead atoms. The lowest BCUT2D eigenvalue weighted by molar-refractivity contribution is -0.139. The Morgan fingerprint density at radius 1 is 1.03 bits per heavy atom. The number of rotatable bonds is 10. The smallest absolute Gasteiger partial charge is 0.339 e. The first-order chi connectivity index (χ1) is 18.6. The number of nitrogens with zero attached hydrogens (tertiary/aromatic N) is 1. The van der Waals surface area contributed by atoms with Gasteiger partial charge in [0.1, 0.15) is 10.6 Å². The van der Waals surface area contributed by atoms with Crippen molar-refractivity contribution >= 4 is 38.9 Å². The molecule has 3 aromatic rings. The Bertz CT molecular complexity index is 1560. The van der Waals surface area contributed by atoms with Crippen LogP contribution in [0.3, 0.4) is 0 Å². The van der Waals surface area contributed by atoms with Gasteiger partial charge in [-0.2, -0.15) is 8.42 Å². The third-order valence-electron chi connectivity index (χ3n) is 6.30. The molecule has 3 aromatic carbocycles. The van der Waals surface area contributed by atoms with Crippen molar-refractivity contribution in [3.8, 4) is 5.75 Å². The van der Waals surface area contributed by atoms with Crippen LogP contribution in [0.5, 0.6) is 5.75 Å². The number of carbonyl (C=O) groups excluding carboxylic acids is 2. The molecular formula is C28H28N2O8S. The predicted molar refractivity (Wildman–Crippen MR) is 142 cm³/mol. The lowest BCUT2D eigenvalue weighted by Gasteiger charge is -2.35. The van der Waals surface area contributed by atoms with E-state index in [0.29, 0.717) is 0 Å². The highest BCUT2D eigenvalue weighted by Gasteiger charge is 2.38. The van der Waals surface area contributed by atoms with E-state index in [0.717, 1.165) is 10.8 Å². The molecule has 0 fully saturated rings. The maximum atomic E-state index is 13.3. The Balaban J connectivity index is 1.72. The topological polar surface area (TPSA) is 139 Å². The molecule has 0 saturated carbocycles. The third kappa shape index (κ3) is 6.04. The number of nitrogens with one attached hydrogen (secondary N) is 1. The zero-order valence-corrected chi connectivity index (χ0v) is 22.2. The summed E-state index contributed by atoms with van der Waals surface area (Å²) in [5.41, 5.74) is 0.605. The van der Waals surface area contributed by atoms with Crippen LogP contribution >= 0.6 is 0 Å². The Morgan fingerprint density at radius 2 is 1.72 bits per heavy atom. The molecule has 1 aliphatic rings. The fourth-order valence-electron chi connectivity index (χ4n) is 4.43. The predicted octanol–water partition coefficient (Wildman–Crippen LogP) is 4.38. The molecule has 0 radical (unpaired) electrons. The molecule has 39 heavy (non-hydrogen) atoms. The van der Waals surface area contributed by atoms with Gasteiger partial charge in [0.05, 0.1) is 18.2 Å². The SMILES string of the molecule is CCOC(=O)C1=C(C)N(CCCC(=O)O)C(=O)NC1c1ccccc1OS(=O)(=O)c1ccc2ccccc2c1. The molecule has 2 amide bonds. The number of benzene rings is 3. The number of para-hydroxylation sites is 1. The number of amides is 2. The second-order valence-corrected chi connectivity index (χ2v) is 10.4. The van der Waals surface area contributed by atoms with Crippen LogP contribution in [0.25, 0.3) is 10.8 Å². The molecule has 0 aromatic heterocycles. The van der Waals surface area contributed by atoms with Gasteiger partial charge in [0.25, 0.3) is 0 Å². The van der Waals surface area contributed by atoms with Gasteiger partial charge in [-0.25, -0.2) is 9.59 Å². The standard InChI is InChI=1S/C28H28N2O8S/c1-3-37-27(33)25-18(2)30(16-8-13-24(31)32)28(34)29-26(25)22-11-6-7-12-23(22)38-39(35,36)21-15-14-19-9-4-5-10-20(19)17-21/h4-7,9-12,14-15,17,26H,3,8,13,16H2,1-2H3,(H,29,34)(H,31,32). The van der Waals surface area contributed by atoms with Gasteiger partial charge in [0.2, 0.25) is 0 Å². The summed E-state index contributed by atoms with van der Waals surface area (Å²) in [6.07, 6.45) is 0.0170. The summed E-state index contributed by atoms with van der Waals surface area (Å²) >= 11 is 0. The minimum Gasteiger partial charge on any atom is -0.481 e. The van der Waals surface area contributed by atoms with E-state index < -0.39 is 34.1 Å². The number of hydrogen-bond acceptors (Lipinski definition) is 7. The first-order valence-electron chi connectivity index (χ1n) is 12.3. The van der Waals surface area contributed by atoms with E-state index in [1.807, 2.05) is 12.1 Å². The van der Waals surface area contributed by atoms with Crippen LogP contribution in [0, 0.1) is 0 Å². The normalized spacial score (nSPS) is 15.7. The summed E-state index contributed by atoms with van der Waals surface area (Å²) in [6.45, 7) is 3.34. The van der Waals surface area contributed by atoms with E-state index in [1.165, 1.54) is 23.1 Å². The highest BCUT2D eigenvalue weighted by Crippen LogP contribution is 2.37. The summed E-state index contributed by atoms with van der Waals surface area (Å²) in [5.74, 6) is -1.77. The maximum absolute atomic E-state index is 13.3. The lowest BCUT2D eigenvalue weighted by Crippen LogP contribution is -2.48. The minimum atomic E-state index is -4.28. The minimum absolute atomic E-state index is 0.0503. The maximum Gasteiger partial charge on any atom is 0.339 e. The zero-order valence-electron chi connectivity index (χ0n) is 21.4. The molecule has 4 rings (SSSR count). The van der Waals surface area contributed by atoms with Crippen molar-refractivity contribution in [2.45, 2.75) is 37.6 Å². The van der Waals surface area contributed by atoms with Gasteiger partial charge in [-0.3, -0.25) is 9.69 Å². The number of carboxylic acid groups (broad SMARTS) is 1. The summed E-state index contributed by atoms with van der Waals surface area (Å²) in [5, 5.41) is 13.3. The molecule has 204 valence electrons. The summed E-state index contributed by atoms with van der Waals surface area (Å²) in [6, 6.07) is 16.5. The zero-order chi connectivity index (χ0) is 28.2. The fraction of sp³-hybridized carbons (Fsp3) is 0.250. The molecule has 1 unspecified atom stereocenters. The van der Waals surface area contributed by atoms with Crippen LogP contribution in [-0.4, -0.2) is 49.5 Å². The number of ether oxygens (including phenoxy) is 1. The number of carboxylic acids is 1. The van der Waals surface area contributed by atoms with Crippen molar-refractivity contribution in [3.05, 3.63) is 83.6 Å². The van der Waals surface area contributed by atoms with Crippen LogP contribution in [0.15, 0.2) is 82.9 Å². The van der Waals surface area contributed by atoms with E-state index >= 15 is 0 Å². The number of allylic oxidation sites excluding steroid dienone is 1. The number of carbonyl (C=O) groups is 3. The van der Waals surface area contributed by atoms with Crippen LogP contribution in [0.1, 0.15) is 38.3 Å². The average Bonchev–Trinajstić information content (AvgIpc) is 2.90. The highest BCUT2D eigenvalue weighted by molar-refractivity contribution is 7.87. The van der Waals surface area contributed by atoms with Crippen molar-refractivity contribution in [2.75, 3.05) is 13.2 Å². The Labute approximate surface area is 226 Å². The van der Waals surface area contributed by atoms with Gasteiger partial charge in [-0.15, -0.1) is 0 Å². The van der Waals surface area contributed by atoms with Crippen molar-refractivity contribution in [1.29, 1.82) is 0 Å². The quantitative estimate of drug-likeness (QED) is 0.279. The van der Waals surface area contributed by atoms with E-state index in [9.17, 15) is 22.8 Å². The third-order valence-corrected chi connectivity index (χ3v) is 7.53. The van der Waals surface area contributed by atoms with Crippen LogP contribution in [0.4, 0.5) is 4.79 Å². The van der Waals surface area contributed by atoms with E-state index in [2.05, 4.69) is 5.32 Å². The van der Waals surface area contributed by atoms with Crippen LogP contribution in [0.2, 0.25) is 0 Å². The van der Waals surface area contributed by atoms with Gasteiger partial charge in [0.15, 0.2) is 0 Å². The van der Waals surface area contributed by atoms with Crippen molar-refractivity contribution in [2.24, 2.45) is 0 Å². The summed E-state index contributed by atoms with van der Waals surface area (Å²) in [7, 11) is -4.28. The van der Waals surface area contributed by atoms with Gasteiger partial charge in [-0.05, 0) is 49.2 Å². The number of fused-ring (bicyclic) bond motifs is 1. The van der Waals surface area contributed by atoms with Crippen LogP contribution in [-0.2, 0) is 24.4 Å². The molecular weight excluding hydrogens is 524 g/mol. The molecule has 10 nitrogen and oxygen atoms in total. The van der Waals surface area contributed by atoms with Crippen LogP contribution < -0.4 is 9.50 Å². The fourth-order valence-corrected chi connectivity index (χ4v) is 5.42. The monoisotopic (exact) mass is 552 g/mol. The van der Waals surface area contributed by atoms with E-state index in [1.54, 1.807) is 50.2 Å². The van der Waals surface area contributed by atoms with Gasteiger partial charge >= 0.3 is 28.1 Å². The molecule has 2 N–H and O–H groups in total. The molecule has 0 saturated heterocycles. The molecule has 11 heteroatoms. The number of aliphatic carboxylic acids is 1. The molecule has 0 aliphatic carbocycles. The van der Waals surface area contributed by atoms with Gasteiger partial charge < -0.3 is 19.3 Å². The van der Waals surface area contributed by atoms with Crippen molar-refractivity contribution in [1.82, 2.24) is 10.2 Å². The van der Waals surface area contributed by atoms with Crippen molar-refractivity contribution in [3.63, 3.8) is 0 Å². The van der Waals surface area contributed by atoms with Gasteiger partial charge in [0, 0.05) is 24.2 Å². The molecule has 1 heterocycles. The molecule has 0 spiro atoms. The summed E-state index contributed by atoms with van der Waals surface area (Å²) in [4.78, 5) is 38.3. The first-order valence-corrected chi connectivity index (χ1v) is 13.7. The highest BCUT2D eigenvalue weighted by atomic mass is 32.2. The number of hydrogen-bond donors (Lipinski definition) is 2. The second-order valence-electron chi connectivity index (χ2n) is 8.84. The second kappa shape index (κ2) is 11.6. The van der Waals surface area contributed by atoms with E-state index in [4.69, 9.17) is 14.0 Å². The summed E-state index contributed by atoms with van der Waals surface area (Å²) < 4.78 is 37.4. The average molecular weight is 553 g/mol. The van der Waals surface area contributed by atoms with E-state index in [-0.39, 0.29) is 53.5 Å². The lowest BCUT2D eigenvalue weighted by atomic mass is 9.94. The Kier molecular flexibility index (Phi) is 8.20.